The summed E-state index contributed by atoms with van der Waals surface area (Å²) < 4.78 is 0. The number of benzene rings is 2. The van der Waals surface area contributed by atoms with Crippen LogP contribution in [0, 0.1) is 17.0 Å². The molecule has 1 aliphatic heterocycles. The van der Waals surface area contributed by atoms with Crippen LogP contribution in [0.15, 0.2) is 53.9 Å². The highest BCUT2D eigenvalue weighted by atomic mass is 32.1. The summed E-state index contributed by atoms with van der Waals surface area (Å²) in [6.45, 7) is 6.94. The Kier molecular flexibility index (Phi) is 7.43. The van der Waals surface area contributed by atoms with Gasteiger partial charge < -0.3 is 10.2 Å². The van der Waals surface area contributed by atoms with E-state index in [2.05, 4.69) is 32.2 Å². The van der Waals surface area contributed by atoms with Crippen LogP contribution in [-0.2, 0) is 11.3 Å². The highest BCUT2D eigenvalue weighted by molar-refractivity contribution is 7.14. The second-order valence-corrected chi connectivity index (χ2v) is 9.11. The Balaban J connectivity index is 1.19. The largest absolute Gasteiger partial charge is 0.302 e. The van der Waals surface area contributed by atoms with Gasteiger partial charge >= 0.3 is 0 Å². The lowest BCUT2D eigenvalue weighted by molar-refractivity contribution is -0.384. The van der Waals surface area contributed by atoms with Crippen LogP contribution < -0.4 is 5.32 Å². The number of aromatic nitrogens is 1. The van der Waals surface area contributed by atoms with Crippen molar-refractivity contribution in [2.45, 2.75) is 19.9 Å². The second kappa shape index (κ2) is 10.7. The predicted octanol–water partition coefficient (Wildman–Crippen LogP) is 4.17. The molecule has 3 aromatic rings. The van der Waals surface area contributed by atoms with E-state index in [1.165, 1.54) is 23.0 Å². The minimum atomic E-state index is -0.360. The summed E-state index contributed by atoms with van der Waals surface area (Å²) in [5.41, 5.74) is 4.19. The summed E-state index contributed by atoms with van der Waals surface area (Å²) in [6, 6.07) is 15.0. The first-order valence-electron chi connectivity index (χ1n) is 11.0. The van der Waals surface area contributed by atoms with Gasteiger partial charge in [-0.25, -0.2) is 4.98 Å². The highest BCUT2D eigenvalue weighted by Crippen LogP contribution is 2.25. The summed E-state index contributed by atoms with van der Waals surface area (Å²) in [7, 11) is 0. The predicted molar refractivity (Wildman–Crippen MR) is 130 cm³/mol. The standard InChI is InChI=1S/C24H27N5O3S/c1-18-5-7-20(8-6-18)22-17-33-24(25-22)26-23(30)9-10-27-11-13-28(14-12-27)16-19-3-2-4-21(15-19)29(31)32/h2-8,15,17H,9-14,16H2,1H3,(H,25,26,30). The molecule has 2 aromatic carbocycles. The molecule has 0 aliphatic carbocycles. The van der Waals surface area contributed by atoms with Crippen LogP contribution in [0.1, 0.15) is 17.5 Å². The molecule has 0 radical (unpaired) electrons. The van der Waals surface area contributed by atoms with E-state index >= 15 is 0 Å². The minimum Gasteiger partial charge on any atom is -0.302 e. The van der Waals surface area contributed by atoms with Gasteiger partial charge in [0.05, 0.1) is 10.6 Å². The van der Waals surface area contributed by atoms with Crippen LogP contribution in [0.3, 0.4) is 0 Å². The van der Waals surface area contributed by atoms with Crippen LogP contribution in [0.25, 0.3) is 11.3 Å². The molecule has 0 bridgehead atoms. The maximum atomic E-state index is 12.4. The first kappa shape index (κ1) is 23.0. The van der Waals surface area contributed by atoms with Gasteiger partial charge in [-0.1, -0.05) is 42.0 Å². The van der Waals surface area contributed by atoms with Crippen molar-refractivity contribution >= 4 is 28.1 Å². The van der Waals surface area contributed by atoms with Gasteiger partial charge in [-0.15, -0.1) is 11.3 Å². The number of hydrogen-bond acceptors (Lipinski definition) is 7. The third-order valence-corrected chi connectivity index (χ3v) is 6.50. The number of piperazine rings is 1. The molecule has 9 heteroatoms. The fourth-order valence-corrected chi connectivity index (χ4v) is 4.56. The number of nitro groups is 1. The first-order valence-corrected chi connectivity index (χ1v) is 11.8. The Hall–Kier alpha value is -3.14. The topological polar surface area (TPSA) is 91.6 Å². The monoisotopic (exact) mass is 465 g/mol. The van der Waals surface area contributed by atoms with Crippen molar-refractivity contribution in [3.63, 3.8) is 0 Å². The number of carbonyl (C=O) groups is 1. The van der Waals surface area contributed by atoms with Gasteiger partial charge in [0.1, 0.15) is 0 Å². The summed E-state index contributed by atoms with van der Waals surface area (Å²) in [5.74, 6) is -0.0289. The Morgan fingerprint density at radius 3 is 2.58 bits per heavy atom. The van der Waals surface area contributed by atoms with E-state index in [1.807, 2.05) is 30.5 Å². The van der Waals surface area contributed by atoms with Crippen molar-refractivity contribution in [1.82, 2.24) is 14.8 Å². The second-order valence-electron chi connectivity index (χ2n) is 8.25. The Labute approximate surface area is 197 Å². The molecule has 1 fully saturated rings. The normalized spacial score (nSPS) is 14.8. The van der Waals surface area contributed by atoms with E-state index < -0.39 is 0 Å². The third-order valence-electron chi connectivity index (χ3n) is 5.75. The number of non-ortho nitro benzene ring substituents is 1. The summed E-state index contributed by atoms with van der Waals surface area (Å²) >= 11 is 1.44. The zero-order chi connectivity index (χ0) is 23.2. The molecular weight excluding hydrogens is 438 g/mol. The van der Waals surface area contributed by atoms with Crippen molar-refractivity contribution in [2.24, 2.45) is 0 Å². The molecule has 0 saturated carbocycles. The first-order chi connectivity index (χ1) is 16.0. The molecule has 172 valence electrons. The summed E-state index contributed by atoms with van der Waals surface area (Å²) in [4.78, 5) is 32.1. The number of aryl methyl sites for hydroxylation is 1. The third kappa shape index (κ3) is 6.44. The maximum Gasteiger partial charge on any atom is 0.269 e. The average Bonchev–Trinajstić information content (AvgIpc) is 3.27. The van der Waals surface area contributed by atoms with Crippen molar-refractivity contribution in [3.8, 4) is 11.3 Å². The lowest BCUT2D eigenvalue weighted by Gasteiger charge is -2.34. The van der Waals surface area contributed by atoms with Crippen molar-refractivity contribution in [1.29, 1.82) is 0 Å². The summed E-state index contributed by atoms with van der Waals surface area (Å²) in [6.07, 6.45) is 0.421. The zero-order valence-corrected chi connectivity index (χ0v) is 19.4. The van der Waals surface area contributed by atoms with Gasteiger partial charge in [0.25, 0.3) is 5.69 Å². The van der Waals surface area contributed by atoms with Crippen LogP contribution in [0.5, 0.6) is 0 Å². The Bertz CT molecular complexity index is 1110. The highest BCUT2D eigenvalue weighted by Gasteiger charge is 2.19. The molecule has 0 unspecified atom stereocenters. The fraction of sp³-hybridized carbons (Fsp3) is 0.333. The van der Waals surface area contributed by atoms with Gasteiger partial charge in [-0.2, -0.15) is 0 Å². The molecule has 1 saturated heterocycles. The van der Waals surface area contributed by atoms with Crippen LogP contribution in [-0.4, -0.2) is 58.3 Å². The van der Waals surface area contributed by atoms with Crippen LogP contribution >= 0.6 is 11.3 Å². The van der Waals surface area contributed by atoms with Gasteiger partial charge in [0, 0.05) is 68.8 Å². The lowest BCUT2D eigenvalue weighted by atomic mass is 10.1. The number of thiazole rings is 1. The Morgan fingerprint density at radius 2 is 1.85 bits per heavy atom. The van der Waals surface area contributed by atoms with Gasteiger partial charge in [-0.3, -0.25) is 19.8 Å². The van der Waals surface area contributed by atoms with E-state index in [0.29, 0.717) is 24.6 Å². The smallest absolute Gasteiger partial charge is 0.269 e. The molecule has 2 heterocycles. The molecule has 33 heavy (non-hydrogen) atoms. The lowest BCUT2D eigenvalue weighted by Crippen LogP contribution is -2.46. The number of nitro benzene ring substituents is 1. The van der Waals surface area contributed by atoms with Gasteiger partial charge in [0.2, 0.25) is 5.91 Å². The molecule has 1 N–H and O–H groups in total. The van der Waals surface area contributed by atoms with E-state index in [-0.39, 0.29) is 16.5 Å². The van der Waals surface area contributed by atoms with Crippen molar-refractivity contribution in [3.05, 3.63) is 75.2 Å². The molecule has 0 spiro atoms. The molecule has 1 aromatic heterocycles. The zero-order valence-electron chi connectivity index (χ0n) is 18.6. The number of carbonyl (C=O) groups excluding carboxylic acids is 1. The number of anilines is 1. The minimum absolute atomic E-state index is 0.0289. The van der Waals surface area contributed by atoms with E-state index in [4.69, 9.17) is 0 Å². The van der Waals surface area contributed by atoms with E-state index in [0.717, 1.165) is 43.0 Å². The van der Waals surface area contributed by atoms with Crippen LogP contribution in [0.4, 0.5) is 10.8 Å². The quantitative estimate of drug-likeness (QED) is 0.397. The molecule has 4 rings (SSSR count). The number of hydrogen-bond donors (Lipinski definition) is 1. The fourth-order valence-electron chi connectivity index (χ4n) is 3.83. The molecule has 1 amide bonds. The van der Waals surface area contributed by atoms with Gasteiger partial charge in [0.15, 0.2) is 5.13 Å². The number of nitrogens with one attached hydrogen (secondary N) is 1. The van der Waals surface area contributed by atoms with Crippen molar-refractivity contribution in [2.75, 3.05) is 38.0 Å². The Morgan fingerprint density at radius 1 is 1.12 bits per heavy atom. The number of rotatable bonds is 8. The SMILES string of the molecule is Cc1ccc(-c2csc(NC(=O)CCN3CCN(Cc4cccc([N+](=O)[O-])c4)CC3)n2)cc1. The van der Waals surface area contributed by atoms with Crippen molar-refractivity contribution < 1.29 is 9.72 Å². The molecular formula is C24H27N5O3S. The van der Waals surface area contributed by atoms with E-state index in [9.17, 15) is 14.9 Å². The van der Waals surface area contributed by atoms with Crippen LogP contribution in [0.2, 0.25) is 0 Å². The van der Waals surface area contributed by atoms with E-state index in [1.54, 1.807) is 12.1 Å². The molecule has 8 nitrogen and oxygen atoms in total. The van der Waals surface area contributed by atoms with Gasteiger partial charge in [-0.05, 0) is 12.5 Å². The molecule has 1 aliphatic rings. The number of amides is 1. The maximum absolute atomic E-state index is 12.4. The molecule has 0 atom stereocenters. The summed E-state index contributed by atoms with van der Waals surface area (Å²) in [5, 5.41) is 16.5. The number of nitrogens with zero attached hydrogens (tertiary/aromatic N) is 4. The average molecular weight is 466 g/mol.